The second-order valence-electron chi connectivity index (χ2n) is 3.21. The normalized spacial score (nSPS) is 28.8. The van der Waals surface area contributed by atoms with Crippen LogP contribution in [0.15, 0.2) is 0 Å². The van der Waals surface area contributed by atoms with Crippen molar-refractivity contribution >= 4 is 5.91 Å². The Morgan fingerprint density at radius 2 is 2.50 bits per heavy atom. The van der Waals surface area contributed by atoms with Gasteiger partial charge in [0.25, 0.3) is 0 Å². The fourth-order valence-corrected chi connectivity index (χ4v) is 1.17. The number of carbonyl (C=O) groups is 1. The van der Waals surface area contributed by atoms with Crippen LogP contribution in [0, 0.1) is 0 Å². The van der Waals surface area contributed by atoms with Crippen LogP contribution in [0.2, 0.25) is 0 Å². The van der Waals surface area contributed by atoms with Crippen LogP contribution in [0.3, 0.4) is 0 Å². The molecule has 4 nitrogen and oxygen atoms in total. The molecule has 1 aliphatic heterocycles. The molecule has 0 aromatic heterocycles. The Bertz CT molecular complexity index is 164. The van der Waals surface area contributed by atoms with Crippen molar-refractivity contribution in [1.29, 1.82) is 0 Å². The highest BCUT2D eigenvalue weighted by Gasteiger charge is 2.37. The lowest BCUT2D eigenvalue weighted by Crippen LogP contribution is -2.54. The summed E-state index contributed by atoms with van der Waals surface area (Å²) in [5, 5.41) is 2.77. The molecule has 1 aliphatic rings. The van der Waals surface area contributed by atoms with E-state index < -0.39 is 5.54 Å². The summed E-state index contributed by atoms with van der Waals surface area (Å²) in [7, 11) is 0. The van der Waals surface area contributed by atoms with Crippen molar-refractivity contribution < 1.29 is 9.53 Å². The zero-order valence-corrected chi connectivity index (χ0v) is 7.43. The van der Waals surface area contributed by atoms with Crippen molar-refractivity contribution in [1.82, 2.24) is 5.32 Å². The summed E-state index contributed by atoms with van der Waals surface area (Å²) in [6, 6.07) is 0. The van der Waals surface area contributed by atoms with Crippen molar-refractivity contribution in [3.63, 3.8) is 0 Å². The van der Waals surface area contributed by atoms with Gasteiger partial charge >= 0.3 is 0 Å². The van der Waals surface area contributed by atoms with Gasteiger partial charge in [-0.2, -0.15) is 0 Å². The SMILES string of the molecule is CCCNC(=O)C1(N)CCOC1. The van der Waals surface area contributed by atoms with Crippen LogP contribution >= 0.6 is 0 Å². The maximum Gasteiger partial charge on any atom is 0.242 e. The van der Waals surface area contributed by atoms with Crippen molar-refractivity contribution in [3.8, 4) is 0 Å². The highest BCUT2D eigenvalue weighted by molar-refractivity contribution is 5.86. The Hall–Kier alpha value is -0.610. The van der Waals surface area contributed by atoms with Gasteiger partial charge in [-0.1, -0.05) is 6.92 Å². The first-order chi connectivity index (χ1) is 5.69. The molecule has 1 heterocycles. The largest absolute Gasteiger partial charge is 0.379 e. The Morgan fingerprint density at radius 1 is 1.75 bits per heavy atom. The molecule has 0 aliphatic carbocycles. The van der Waals surface area contributed by atoms with E-state index in [1.165, 1.54) is 0 Å². The van der Waals surface area contributed by atoms with Gasteiger partial charge in [0.2, 0.25) is 5.91 Å². The van der Waals surface area contributed by atoms with Crippen LogP contribution in [0.5, 0.6) is 0 Å². The van der Waals surface area contributed by atoms with Crippen LogP contribution in [0.4, 0.5) is 0 Å². The first kappa shape index (κ1) is 9.48. The van der Waals surface area contributed by atoms with Crippen LogP contribution in [0.1, 0.15) is 19.8 Å². The average Bonchev–Trinajstić information content (AvgIpc) is 2.49. The standard InChI is InChI=1S/C8H16N2O2/c1-2-4-10-7(11)8(9)3-5-12-6-8/h2-6,9H2,1H3,(H,10,11). The first-order valence-electron chi connectivity index (χ1n) is 4.34. The van der Waals surface area contributed by atoms with Gasteiger partial charge in [-0.15, -0.1) is 0 Å². The zero-order chi connectivity index (χ0) is 9.03. The van der Waals surface area contributed by atoms with Gasteiger partial charge in [0.05, 0.1) is 6.61 Å². The lowest BCUT2D eigenvalue weighted by atomic mass is 9.99. The minimum atomic E-state index is -0.769. The van der Waals surface area contributed by atoms with E-state index in [9.17, 15) is 4.79 Å². The third-order valence-corrected chi connectivity index (χ3v) is 2.04. The second-order valence-corrected chi connectivity index (χ2v) is 3.21. The number of nitrogens with one attached hydrogen (secondary N) is 1. The van der Waals surface area contributed by atoms with E-state index in [1.54, 1.807) is 0 Å². The summed E-state index contributed by atoms with van der Waals surface area (Å²) in [5.74, 6) is -0.0816. The molecule has 0 saturated carbocycles. The third kappa shape index (κ3) is 1.95. The predicted molar refractivity (Wildman–Crippen MR) is 45.7 cm³/mol. The fraction of sp³-hybridized carbons (Fsp3) is 0.875. The van der Waals surface area contributed by atoms with Crippen LogP contribution in [-0.4, -0.2) is 31.2 Å². The highest BCUT2D eigenvalue weighted by atomic mass is 16.5. The Balaban J connectivity index is 2.39. The molecule has 0 aromatic rings. The number of hydrogen-bond donors (Lipinski definition) is 2. The van der Waals surface area contributed by atoms with E-state index >= 15 is 0 Å². The Kier molecular flexibility index (Phi) is 3.05. The Morgan fingerprint density at radius 3 is 3.00 bits per heavy atom. The maximum atomic E-state index is 11.4. The summed E-state index contributed by atoms with van der Waals surface area (Å²) in [6.07, 6.45) is 1.56. The molecule has 1 fully saturated rings. The van der Waals surface area contributed by atoms with Gasteiger partial charge in [-0.05, 0) is 12.8 Å². The van der Waals surface area contributed by atoms with E-state index in [0.29, 0.717) is 26.2 Å². The van der Waals surface area contributed by atoms with Gasteiger partial charge in [0.15, 0.2) is 0 Å². The quantitative estimate of drug-likeness (QED) is 0.610. The van der Waals surface area contributed by atoms with Gasteiger partial charge in [-0.3, -0.25) is 4.79 Å². The molecule has 0 aromatic carbocycles. The maximum absolute atomic E-state index is 11.4. The van der Waals surface area contributed by atoms with Crippen LogP contribution in [0.25, 0.3) is 0 Å². The summed E-state index contributed by atoms with van der Waals surface area (Å²) >= 11 is 0. The minimum absolute atomic E-state index is 0.0816. The highest BCUT2D eigenvalue weighted by Crippen LogP contribution is 2.14. The number of hydrogen-bond acceptors (Lipinski definition) is 3. The third-order valence-electron chi connectivity index (χ3n) is 2.04. The van der Waals surface area contributed by atoms with E-state index in [1.807, 2.05) is 6.92 Å². The smallest absolute Gasteiger partial charge is 0.242 e. The predicted octanol–water partition coefficient (Wildman–Crippen LogP) is -0.370. The molecular formula is C8H16N2O2. The molecule has 12 heavy (non-hydrogen) atoms. The van der Waals surface area contributed by atoms with Crippen LogP contribution < -0.4 is 11.1 Å². The molecule has 70 valence electrons. The second kappa shape index (κ2) is 3.87. The van der Waals surface area contributed by atoms with Gasteiger partial charge < -0.3 is 15.8 Å². The summed E-state index contributed by atoms with van der Waals surface area (Å²) in [6.45, 7) is 3.64. The number of rotatable bonds is 3. The summed E-state index contributed by atoms with van der Waals surface area (Å²) in [5.41, 5.74) is 5.04. The lowest BCUT2D eigenvalue weighted by molar-refractivity contribution is -0.126. The molecule has 4 heteroatoms. The molecule has 0 radical (unpaired) electrons. The molecule has 1 rings (SSSR count). The van der Waals surface area contributed by atoms with Crippen molar-refractivity contribution in [3.05, 3.63) is 0 Å². The van der Waals surface area contributed by atoms with Crippen molar-refractivity contribution in [2.75, 3.05) is 19.8 Å². The summed E-state index contributed by atoms with van der Waals surface area (Å²) < 4.78 is 5.08. The molecule has 1 amide bonds. The van der Waals surface area contributed by atoms with E-state index in [4.69, 9.17) is 10.5 Å². The molecule has 1 saturated heterocycles. The van der Waals surface area contributed by atoms with Crippen molar-refractivity contribution in [2.24, 2.45) is 5.73 Å². The molecule has 1 atom stereocenters. The topological polar surface area (TPSA) is 64.4 Å². The van der Waals surface area contributed by atoms with Gasteiger partial charge in [0.1, 0.15) is 5.54 Å². The molecule has 3 N–H and O–H groups in total. The molecule has 1 unspecified atom stereocenters. The van der Waals surface area contributed by atoms with Crippen LogP contribution in [-0.2, 0) is 9.53 Å². The van der Waals surface area contributed by atoms with E-state index in [-0.39, 0.29) is 5.91 Å². The Labute approximate surface area is 72.5 Å². The number of carbonyl (C=O) groups excluding carboxylic acids is 1. The summed E-state index contributed by atoms with van der Waals surface area (Å²) in [4.78, 5) is 11.4. The van der Waals surface area contributed by atoms with E-state index in [2.05, 4.69) is 5.32 Å². The van der Waals surface area contributed by atoms with Crippen molar-refractivity contribution in [2.45, 2.75) is 25.3 Å². The first-order valence-corrected chi connectivity index (χ1v) is 4.34. The average molecular weight is 172 g/mol. The number of amides is 1. The van der Waals surface area contributed by atoms with Gasteiger partial charge in [0, 0.05) is 13.2 Å². The molecular weight excluding hydrogens is 156 g/mol. The number of ether oxygens (including phenoxy) is 1. The van der Waals surface area contributed by atoms with Gasteiger partial charge in [-0.25, -0.2) is 0 Å². The zero-order valence-electron chi connectivity index (χ0n) is 7.43. The number of nitrogens with two attached hydrogens (primary N) is 1. The lowest BCUT2D eigenvalue weighted by Gasteiger charge is -2.20. The van der Waals surface area contributed by atoms with E-state index in [0.717, 1.165) is 6.42 Å². The molecule has 0 bridgehead atoms. The fourth-order valence-electron chi connectivity index (χ4n) is 1.17. The molecule has 0 spiro atoms. The monoisotopic (exact) mass is 172 g/mol. The minimum Gasteiger partial charge on any atom is -0.379 e.